The molecule has 0 heterocycles. The molecule has 0 aromatic heterocycles. The maximum atomic E-state index is 11.3. The van der Waals surface area contributed by atoms with Crippen LogP contribution in [0.4, 0.5) is 0 Å². The van der Waals surface area contributed by atoms with Crippen LogP contribution in [0.15, 0.2) is 24.3 Å². The van der Waals surface area contributed by atoms with Gasteiger partial charge < -0.3 is 14.8 Å². The molecule has 0 saturated heterocycles. The van der Waals surface area contributed by atoms with Crippen LogP contribution in [0, 0.1) is 11.3 Å². The van der Waals surface area contributed by atoms with Gasteiger partial charge in [-0.05, 0) is 24.3 Å². The largest absolute Gasteiger partial charge is 0.497 e. The number of nitrogens with one attached hydrogen (secondary N) is 1. The molecule has 0 bridgehead atoms. The molecule has 0 radical (unpaired) electrons. The molecule has 1 N–H and O–H groups in total. The Morgan fingerprint density at radius 1 is 1.35 bits per heavy atom. The lowest BCUT2D eigenvalue weighted by Gasteiger charge is -2.07. The summed E-state index contributed by atoms with van der Waals surface area (Å²) in [6, 6.07) is 9.34. The summed E-state index contributed by atoms with van der Waals surface area (Å²) in [4.78, 5) is 11.3. The van der Waals surface area contributed by atoms with Crippen LogP contribution in [0.1, 0.15) is 6.42 Å². The fourth-order valence-electron chi connectivity index (χ4n) is 1.36. The second-order valence-electron chi connectivity index (χ2n) is 3.83. The van der Waals surface area contributed by atoms with E-state index >= 15 is 0 Å². The molecule has 0 aliphatic carbocycles. The zero-order valence-electron chi connectivity index (χ0n) is 11.4. The first kappa shape index (κ1) is 16.2. The van der Waals surface area contributed by atoms with Gasteiger partial charge in [0, 0.05) is 12.3 Å². The van der Waals surface area contributed by atoms with Crippen molar-refractivity contribution in [1.29, 1.82) is 5.26 Å². The zero-order chi connectivity index (χ0) is 14.6. The maximum absolute atomic E-state index is 11.3. The monoisotopic (exact) mass is 294 g/mol. The molecular weight excluding hydrogens is 276 g/mol. The molecule has 0 fully saturated rings. The number of ether oxygens (including phenoxy) is 2. The Morgan fingerprint density at radius 2 is 2.05 bits per heavy atom. The van der Waals surface area contributed by atoms with Gasteiger partial charge in [0.15, 0.2) is 0 Å². The first-order chi connectivity index (χ1) is 9.76. The van der Waals surface area contributed by atoms with Crippen molar-refractivity contribution >= 4 is 17.7 Å². The Labute approximate surface area is 123 Å². The summed E-state index contributed by atoms with van der Waals surface area (Å²) in [5.41, 5.74) is 0. The minimum atomic E-state index is -0.0466. The molecule has 0 aliphatic heterocycles. The van der Waals surface area contributed by atoms with E-state index in [0.29, 0.717) is 25.3 Å². The predicted octanol–water partition coefficient (Wildman–Crippen LogP) is 1.84. The minimum Gasteiger partial charge on any atom is -0.497 e. The average Bonchev–Trinajstić information content (AvgIpc) is 2.48. The summed E-state index contributed by atoms with van der Waals surface area (Å²) < 4.78 is 10.6. The van der Waals surface area contributed by atoms with Crippen molar-refractivity contribution in [3.05, 3.63) is 24.3 Å². The summed E-state index contributed by atoms with van der Waals surface area (Å²) in [6.07, 6.45) is 0.344. The minimum absolute atomic E-state index is 0.0466. The highest BCUT2D eigenvalue weighted by Crippen LogP contribution is 2.17. The highest BCUT2D eigenvalue weighted by Gasteiger charge is 2.01. The van der Waals surface area contributed by atoms with E-state index in [2.05, 4.69) is 5.32 Å². The van der Waals surface area contributed by atoms with Crippen LogP contribution in [0.25, 0.3) is 0 Å². The van der Waals surface area contributed by atoms with Crippen LogP contribution in [0.5, 0.6) is 11.5 Å². The van der Waals surface area contributed by atoms with Gasteiger partial charge in [0.25, 0.3) is 0 Å². The SMILES string of the molecule is COc1ccc(OCCSCC(=O)NCCC#N)cc1. The molecule has 1 aromatic carbocycles. The lowest BCUT2D eigenvalue weighted by Crippen LogP contribution is -2.26. The van der Waals surface area contributed by atoms with Crippen LogP contribution < -0.4 is 14.8 Å². The number of nitriles is 1. The second-order valence-corrected chi connectivity index (χ2v) is 4.94. The molecule has 1 aromatic rings. The van der Waals surface area contributed by atoms with Crippen molar-refractivity contribution in [1.82, 2.24) is 5.32 Å². The van der Waals surface area contributed by atoms with Gasteiger partial charge in [0.2, 0.25) is 5.91 Å². The van der Waals surface area contributed by atoms with Crippen molar-refractivity contribution in [2.24, 2.45) is 0 Å². The van der Waals surface area contributed by atoms with Crippen molar-refractivity contribution in [2.45, 2.75) is 6.42 Å². The predicted molar refractivity (Wildman–Crippen MR) is 79.1 cm³/mol. The van der Waals surface area contributed by atoms with E-state index in [4.69, 9.17) is 14.7 Å². The van der Waals surface area contributed by atoms with Crippen LogP contribution in [0.2, 0.25) is 0 Å². The molecular formula is C14H18N2O3S. The van der Waals surface area contributed by atoms with E-state index in [0.717, 1.165) is 17.3 Å². The normalized spacial score (nSPS) is 9.60. The van der Waals surface area contributed by atoms with Gasteiger partial charge in [0.1, 0.15) is 11.5 Å². The Kier molecular flexibility index (Phi) is 8.08. The number of hydrogen-bond acceptors (Lipinski definition) is 5. The number of hydrogen-bond donors (Lipinski definition) is 1. The lowest BCUT2D eigenvalue weighted by molar-refractivity contribution is -0.118. The Morgan fingerprint density at radius 3 is 2.70 bits per heavy atom. The van der Waals surface area contributed by atoms with Gasteiger partial charge >= 0.3 is 0 Å². The Balaban J connectivity index is 2.06. The smallest absolute Gasteiger partial charge is 0.230 e. The van der Waals surface area contributed by atoms with E-state index < -0.39 is 0 Å². The van der Waals surface area contributed by atoms with E-state index in [-0.39, 0.29) is 5.91 Å². The summed E-state index contributed by atoms with van der Waals surface area (Å²) in [5.74, 6) is 2.65. The van der Waals surface area contributed by atoms with Gasteiger partial charge in [-0.25, -0.2) is 0 Å². The van der Waals surface area contributed by atoms with Crippen LogP contribution in [-0.2, 0) is 4.79 Å². The van der Waals surface area contributed by atoms with Gasteiger partial charge in [-0.3, -0.25) is 4.79 Å². The number of carbonyl (C=O) groups is 1. The molecule has 0 spiro atoms. The first-order valence-electron chi connectivity index (χ1n) is 6.24. The molecule has 1 rings (SSSR count). The van der Waals surface area contributed by atoms with Crippen LogP contribution in [0.3, 0.4) is 0 Å². The number of rotatable bonds is 9. The van der Waals surface area contributed by atoms with Gasteiger partial charge in [-0.15, -0.1) is 11.8 Å². The highest BCUT2D eigenvalue weighted by atomic mass is 32.2. The third-order valence-electron chi connectivity index (χ3n) is 2.35. The number of nitrogens with zero attached hydrogens (tertiary/aromatic N) is 1. The number of thioether (sulfide) groups is 1. The molecule has 1 amide bonds. The molecule has 0 aliphatic rings. The number of amides is 1. The molecule has 0 atom stereocenters. The van der Waals surface area contributed by atoms with E-state index in [1.54, 1.807) is 7.11 Å². The third-order valence-corrected chi connectivity index (χ3v) is 3.27. The number of methoxy groups -OCH3 is 1. The third kappa shape index (κ3) is 6.90. The molecule has 108 valence electrons. The van der Waals surface area contributed by atoms with Gasteiger partial charge in [-0.2, -0.15) is 5.26 Å². The Bertz CT molecular complexity index is 443. The number of carbonyl (C=O) groups excluding carboxylic acids is 1. The van der Waals surface area contributed by atoms with Crippen LogP contribution >= 0.6 is 11.8 Å². The van der Waals surface area contributed by atoms with E-state index in [1.807, 2.05) is 30.3 Å². The van der Waals surface area contributed by atoms with Gasteiger partial charge in [0.05, 0.1) is 32.0 Å². The van der Waals surface area contributed by atoms with Crippen molar-refractivity contribution < 1.29 is 14.3 Å². The Hall–Kier alpha value is -1.87. The fourth-order valence-corrected chi connectivity index (χ4v) is 2.00. The summed E-state index contributed by atoms with van der Waals surface area (Å²) >= 11 is 1.50. The summed E-state index contributed by atoms with van der Waals surface area (Å²) in [7, 11) is 1.62. The fraction of sp³-hybridized carbons (Fsp3) is 0.429. The molecule has 20 heavy (non-hydrogen) atoms. The summed E-state index contributed by atoms with van der Waals surface area (Å²) in [5, 5.41) is 11.0. The highest BCUT2D eigenvalue weighted by molar-refractivity contribution is 7.99. The van der Waals surface area contributed by atoms with Crippen molar-refractivity contribution in [3.8, 4) is 17.6 Å². The molecule has 0 unspecified atom stereocenters. The van der Waals surface area contributed by atoms with Crippen LogP contribution in [-0.4, -0.2) is 37.7 Å². The van der Waals surface area contributed by atoms with E-state index in [1.165, 1.54) is 11.8 Å². The van der Waals surface area contributed by atoms with Crippen molar-refractivity contribution in [3.63, 3.8) is 0 Å². The molecule has 6 heteroatoms. The van der Waals surface area contributed by atoms with Crippen molar-refractivity contribution in [2.75, 3.05) is 31.8 Å². The lowest BCUT2D eigenvalue weighted by atomic mass is 10.3. The summed E-state index contributed by atoms with van der Waals surface area (Å²) in [6.45, 7) is 0.959. The second kappa shape index (κ2) is 9.98. The zero-order valence-corrected chi connectivity index (χ0v) is 12.2. The quantitative estimate of drug-likeness (QED) is 0.704. The average molecular weight is 294 g/mol. The number of benzene rings is 1. The molecule has 5 nitrogen and oxygen atoms in total. The molecule has 0 saturated carbocycles. The first-order valence-corrected chi connectivity index (χ1v) is 7.40. The topological polar surface area (TPSA) is 71.3 Å². The van der Waals surface area contributed by atoms with Gasteiger partial charge in [-0.1, -0.05) is 0 Å². The standard InChI is InChI=1S/C14H18N2O3S/c1-18-12-3-5-13(6-4-12)19-9-10-20-11-14(17)16-8-2-7-15/h3-6H,2,8-11H2,1H3,(H,16,17). The van der Waals surface area contributed by atoms with E-state index in [9.17, 15) is 4.79 Å². The maximum Gasteiger partial charge on any atom is 0.230 e.